The van der Waals surface area contributed by atoms with Gasteiger partial charge in [-0.3, -0.25) is 5.32 Å². The molecule has 1 aliphatic heterocycles. The molecule has 9 heteroatoms. The molecule has 1 unspecified atom stereocenters. The molecule has 0 aliphatic carbocycles. The van der Waals surface area contributed by atoms with Gasteiger partial charge in [-0.15, -0.1) is 0 Å². The third kappa shape index (κ3) is 6.71. The molecule has 6 rings (SSSR count). The first-order chi connectivity index (χ1) is 22.0. The Hall–Kier alpha value is -4.47. The molecule has 1 aromatic heterocycles. The predicted octanol–water partition coefficient (Wildman–Crippen LogP) is 7.79. The molecule has 0 saturated carbocycles. The highest BCUT2D eigenvalue weighted by Crippen LogP contribution is 2.40. The molecule has 1 fully saturated rings. The zero-order valence-corrected chi connectivity index (χ0v) is 27.6. The quantitative estimate of drug-likeness (QED) is 0.169. The fourth-order valence-corrected chi connectivity index (χ4v) is 8.23. The van der Waals surface area contributed by atoms with Crippen molar-refractivity contribution in [1.82, 2.24) is 15.1 Å². The summed E-state index contributed by atoms with van der Waals surface area (Å²) in [6, 6.07) is 29.8. The molecule has 0 spiro atoms. The van der Waals surface area contributed by atoms with Crippen LogP contribution in [0.4, 0.5) is 16.3 Å². The maximum atomic E-state index is 14.3. The normalized spacial score (nSPS) is 15.0. The van der Waals surface area contributed by atoms with E-state index in [0.29, 0.717) is 16.4 Å². The SMILES string of the molecule is Cc1ccc(-n2nc(C(C)(C)C)cc2NC(=O)Nc2ccc(C(C3CCNCC3)S(=O)(=O)c3ccc4ccccc4c3)cc2)cc1. The summed E-state index contributed by atoms with van der Waals surface area (Å²) >= 11 is 0. The number of carbonyl (C=O) groups is 1. The number of nitrogens with zero attached hydrogens (tertiary/aromatic N) is 2. The van der Waals surface area contributed by atoms with Crippen LogP contribution in [-0.4, -0.2) is 37.3 Å². The number of anilines is 2. The lowest BCUT2D eigenvalue weighted by Crippen LogP contribution is -2.33. The van der Waals surface area contributed by atoms with Crippen LogP contribution in [0.1, 0.15) is 55.7 Å². The minimum atomic E-state index is -3.70. The molecular weight excluding hydrogens is 595 g/mol. The van der Waals surface area contributed by atoms with E-state index in [1.165, 1.54) is 0 Å². The lowest BCUT2D eigenvalue weighted by atomic mass is 9.90. The first kappa shape index (κ1) is 31.5. The minimum Gasteiger partial charge on any atom is -0.317 e. The molecule has 3 N–H and O–H groups in total. The molecule has 5 aromatic rings. The number of aryl methyl sites for hydroxylation is 1. The molecule has 1 aliphatic rings. The van der Waals surface area contributed by atoms with Crippen molar-refractivity contribution in [3.63, 3.8) is 0 Å². The predicted molar refractivity (Wildman–Crippen MR) is 186 cm³/mol. The van der Waals surface area contributed by atoms with Crippen molar-refractivity contribution in [2.24, 2.45) is 5.92 Å². The zero-order valence-electron chi connectivity index (χ0n) is 26.7. The Morgan fingerprint density at radius 1 is 0.870 bits per heavy atom. The number of benzene rings is 4. The number of sulfone groups is 1. The van der Waals surface area contributed by atoms with Gasteiger partial charge in [-0.2, -0.15) is 5.10 Å². The van der Waals surface area contributed by atoms with Crippen molar-refractivity contribution >= 4 is 38.1 Å². The second-order valence-corrected chi connectivity index (χ2v) is 15.2. The number of hydrogen-bond donors (Lipinski definition) is 3. The van der Waals surface area contributed by atoms with Gasteiger partial charge in [-0.05, 0) is 91.5 Å². The fourth-order valence-electron chi connectivity index (χ4n) is 6.10. The Morgan fingerprint density at radius 2 is 1.54 bits per heavy atom. The van der Waals surface area contributed by atoms with E-state index in [-0.39, 0.29) is 11.3 Å². The first-order valence-electron chi connectivity index (χ1n) is 15.8. The van der Waals surface area contributed by atoms with E-state index in [1.54, 1.807) is 28.9 Å². The first-order valence-corrected chi connectivity index (χ1v) is 17.3. The molecule has 8 nitrogen and oxygen atoms in total. The van der Waals surface area contributed by atoms with E-state index < -0.39 is 21.1 Å². The molecule has 0 bridgehead atoms. The van der Waals surface area contributed by atoms with Gasteiger partial charge in [0.1, 0.15) is 5.82 Å². The van der Waals surface area contributed by atoms with E-state index >= 15 is 0 Å². The van der Waals surface area contributed by atoms with Crippen LogP contribution in [0.25, 0.3) is 16.5 Å². The summed E-state index contributed by atoms with van der Waals surface area (Å²) in [4.78, 5) is 13.6. The Kier molecular flexibility index (Phi) is 8.72. The number of piperidine rings is 1. The second-order valence-electron chi connectivity index (χ2n) is 13.2. The average molecular weight is 636 g/mol. The summed E-state index contributed by atoms with van der Waals surface area (Å²) < 4.78 is 30.3. The number of carbonyl (C=O) groups excluding carboxylic acids is 1. The molecule has 2 amide bonds. The number of aromatic nitrogens is 2. The highest BCUT2D eigenvalue weighted by molar-refractivity contribution is 7.91. The van der Waals surface area contributed by atoms with Gasteiger partial charge >= 0.3 is 6.03 Å². The highest BCUT2D eigenvalue weighted by atomic mass is 32.2. The van der Waals surface area contributed by atoms with Crippen LogP contribution in [-0.2, 0) is 15.3 Å². The van der Waals surface area contributed by atoms with E-state index in [2.05, 4.69) is 36.7 Å². The van der Waals surface area contributed by atoms with Crippen LogP contribution in [0.2, 0.25) is 0 Å². The second kappa shape index (κ2) is 12.7. The number of amides is 2. The largest absolute Gasteiger partial charge is 0.324 e. The van der Waals surface area contributed by atoms with Crippen molar-refractivity contribution in [3.8, 4) is 5.69 Å². The lowest BCUT2D eigenvalue weighted by molar-refractivity contribution is 0.262. The smallest absolute Gasteiger partial charge is 0.317 e. The maximum absolute atomic E-state index is 14.3. The average Bonchev–Trinajstić information content (AvgIpc) is 3.47. The van der Waals surface area contributed by atoms with Crippen LogP contribution in [0.15, 0.2) is 102 Å². The van der Waals surface area contributed by atoms with Crippen molar-refractivity contribution < 1.29 is 13.2 Å². The molecule has 0 radical (unpaired) electrons. The Labute approximate surface area is 271 Å². The van der Waals surface area contributed by atoms with Crippen LogP contribution in [0.3, 0.4) is 0 Å². The topological polar surface area (TPSA) is 105 Å². The summed E-state index contributed by atoms with van der Waals surface area (Å²) in [6.45, 7) is 9.83. The summed E-state index contributed by atoms with van der Waals surface area (Å²) in [5.41, 5.74) is 3.90. The molecule has 238 valence electrons. The van der Waals surface area contributed by atoms with Crippen LogP contribution in [0.5, 0.6) is 0 Å². The van der Waals surface area contributed by atoms with Gasteiger partial charge in [0, 0.05) is 17.2 Å². The van der Waals surface area contributed by atoms with Crippen LogP contribution >= 0.6 is 0 Å². The molecule has 2 heterocycles. The Bertz CT molecular complexity index is 1950. The third-order valence-electron chi connectivity index (χ3n) is 8.69. The van der Waals surface area contributed by atoms with Gasteiger partial charge in [0.05, 0.1) is 21.5 Å². The number of nitrogens with one attached hydrogen (secondary N) is 3. The highest BCUT2D eigenvalue weighted by Gasteiger charge is 2.37. The molecule has 1 atom stereocenters. The van der Waals surface area contributed by atoms with Crippen LogP contribution in [0, 0.1) is 12.8 Å². The number of urea groups is 1. The van der Waals surface area contributed by atoms with E-state index in [9.17, 15) is 13.2 Å². The summed E-state index contributed by atoms with van der Waals surface area (Å²) in [5.74, 6) is 0.522. The van der Waals surface area contributed by atoms with Crippen molar-refractivity contribution in [2.75, 3.05) is 23.7 Å². The third-order valence-corrected chi connectivity index (χ3v) is 10.9. The van der Waals surface area contributed by atoms with Crippen molar-refractivity contribution in [2.45, 2.75) is 56.1 Å². The Morgan fingerprint density at radius 3 is 2.22 bits per heavy atom. The minimum absolute atomic E-state index is 0.0288. The molecule has 1 saturated heterocycles. The lowest BCUT2D eigenvalue weighted by Gasteiger charge is -2.31. The maximum Gasteiger partial charge on any atom is 0.324 e. The van der Waals surface area contributed by atoms with Gasteiger partial charge < -0.3 is 10.6 Å². The standard InChI is InChI=1S/C37H41N5O3S/c1-25-9-16-31(17-10-25)42-34(24-33(41-42)37(2,3)4)40-36(43)39-30-14-11-27(12-15-30)35(28-19-21-38-22-20-28)46(44,45)32-18-13-26-7-5-6-8-29(26)23-32/h5-18,23-24,28,35,38H,19-22H2,1-4H3,(H2,39,40,43). The van der Waals surface area contributed by atoms with E-state index in [0.717, 1.165) is 59.2 Å². The molecule has 4 aromatic carbocycles. The van der Waals surface area contributed by atoms with Crippen molar-refractivity contribution in [3.05, 3.63) is 114 Å². The van der Waals surface area contributed by atoms with Gasteiger partial charge in [0.25, 0.3) is 0 Å². The molecule has 46 heavy (non-hydrogen) atoms. The number of hydrogen-bond acceptors (Lipinski definition) is 5. The number of fused-ring (bicyclic) bond motifs is 1. The number of rotatable bonds is 7. The molecular formula is C37H41N5O3S. The van der Waals surface area contributed by atoms with Gasteiger partial charge in [-0.1, -0.05) is 80.9 Å². The monoisotopic (exact) mass is 635 g/mol. The van der Waals surface area contributed by atoms with Gasteiger partial charge in [0.2, 0.25) is 0 Å². The van der Waals surface area contributed by atoms with Gasteiger partial charge in [0.15, 0.2) is 9.84 Å². The van der Waals surface area contributed by atoms with Gasteiger partial charge in [-0.25, -0.2) is 17.9 Å². The van der Waals surface area contributed by atoms with E-state index in [4.69, 9.17) is 5.10 Å². The summed E-state index contributed by atoms with van der Waals surface area (Å²) in [5, 5.41) is 15.2. The Balaban J connectivity index is 1.25. The summed E-state index contributed by atoms with van der Waals surface area (Å²) in [6.07, 6.45) is 1.54. The summed E-state index contributed by atoms with van der Waals surface area (Å²) in [7, 11) is -3.70. The van der Waals surface area contributed by atoms with E-state index in [1.807, 2.05) is 79.7 Å². The van der Waals surface area contributed by atoms with Crippen molar-refractivity contribution in [1.29, 1.82) is 0 Å². The fraction of sp³-hybridized carbons (Fsp3) is 0.297. The zero-order chi connectivity index (χ0) is 32.5. The van der Waals surface area contributed by atoms with Crippen LogP contribution < -0.4 is 16.0 Å².